The van der Waals surface area contributed by atoms with Gasteiger partial charge in [0.05, 0.1) is 13.2 Å². The lowest BCUT2D eigenvalue weighted by molar-refractivity contribution is -0.122. The lowest BCUT2D eigenvalue weighted by Crippen LogP contribution is -2.45. The molecule has 0 spiro atoms. The van der Waals surface area contributed by atoms with Crippen LogP contribution in [0.2, 0.25) is 0 Å². The zero-order valence-electron chi connectivity index (χ0n) is 19.9. The molecule has 2 aliphatic rings. The van der Waals surface area contributed by atoms with Gasteiger partial charge < -0.3 is 25.2 Å². The molecule has 2 aliphatic heterocycles. The van der Waals surface area contributed by atoms with Gasteiger partial charge in [0.25, 0.3) is 0 Å². The van der Waals surface area contributed by atoms with Crippen molar-refractivity contribution in [3.05, 3.63) is 60.2 Å². The first-order valence-corrected chi connectivity index (χ1v) is 12.4. The largest absolute Gasteiger partial charge is 0.378 e. The topological polar surface area (TPSA) is 73.9 Å². The normalized spacial score (nSPS) is 17.4. The molecule has 0 radical (unpaired) electrons. The van der Waals surface area contributed by atoms with E-state index >= 15 is 0 Å². The molecule has 2 heterocycles. The highest BCUT2D eigenvalue weighted by Crippen LogP contribution is 2.19. The van der Waals surface area contributed by atoms with Crippen LogP contribution in [0, 0.1) is 0 Å². The maximum atomic E-state index is 12.4. The third kappa shape index (κ3) is 7.57. The molecular weight excluding hydrogens is 428 g/mol. The van der Waals surface area contributed by atoms with E-state index in [4.69, 9.17) is 4.74 Å². The molecule has 2 fully saturated rings. The molecule has 2 N–H and O–H groups in total. The summed E-state index contributed by atoms with van der Waals surface area (Å²) < 4.78 is 5.40. The first-order chi connectivity index (χ1) is 16.7. The Morgan fingerprint density at radius 1 is 0.853 bits per heavy atom. The van der Waals surface area contributed by atoms with Gasteiger partial charge in [0.2, 0.25) is 11.8 Å². The molecule has 2 aromatic rings. The minimum Gasteiger partial charge on any atom is -0.378 e. The second-order valence-corrected chi connectivity index (χ2v) is 9.11. The van der Waals surface area contributed by atoms with Gasteiger partial charge in [0.15, 0.2) is 0 Å². The predicted molar refractivity (Wildman–Crippen MR) is 135 cm³/mol. The minimum atomic E-state index is 0.0375. The molecule has 2 amide bonds. The summed E-state index contributed by atoms with van der Waals surface area (Å²) in [7, 11) is 0. The Bertz CT molecular complexity index is 905. The number of benzene rings is 2. The molecule has 2 aromatic carbocycles. The van der Waals surface area contributed by atoms with Crippen molar-refractivity contribution < 1.29 is 14.3 Å². The summed E-state index contributed by atoms with van der Waals surface area (Å²) in [4.78, 5) is 29.3. The lowest BCUT2D eigenvalue weighted by atomic mass is 10.0. The van der Waals surface area contributed by atoms with E-state index in [1.54, 1.807) is 0 Å². The maximum Gasteiger partial charge on any atom is 0.225 e. The molecule has 0 aromatic heterocycles. The summed E-state index contributed by atoms with van der Waals surface area (Å²) in [5.74, 6) is 0.164. The zero-order chi connectivity index (χ0) is 23.6. The minimum absolute atomic E-state index is 0.0375. The summed E-state index contributed by atoms with van der Waals surface area (Å²) in [5, 5.41) is 6.19. The second kappa shape index (κ2) is 12.5. The van der Waals surface area contributed by atoms with Crippen molar-refractivity contribution >= 4 is 23.2 Å². The number of piperidine rings is 1. The van der Waals surface area contributed by atoms with Gasteiger partial charge in [0, 0.05) is 63.0 Å². The van der Waals surface area contributed by atoms with E-state index in [2.05, 4.69) is 44.7 Å². The molecule has 7 nitrogen and oxygen atoms in total. The van der Waals surface area contributed by atoms with Crippen LogP contribution in [0.25, 0.3) is 0 Å². The number of anilines is 2. The van der Waals surface area contributed by atoms with E-state index in [1.807, 2.05) is 30.3 Å². The number of morpholine rings is 1. The number of carbonyl (C=O) groups excluding carboxylic acids is 2. The summed E-state index contributed by atoms with van der Waals surface area (Å²) in [6, 6.07) is 18.4. The summed E-state index contributed by atoms with van der Waals surface area (Å²) >= 11 is 0. The first-order valence-electron chi connectivity index (χ1n) is 12.4. The van der Waals surface area contributed by atoms with E-state index in [0.717, 1.165) is 76.6 Å². The van der Waals surface area contributed by atoms with Crippen molar-refractivity contribution in [2.45, 2.75) is 38.1 Å². The Morgan fingerprint density at radius 3 is 2.26 bits per heavy atom. The highest BCUT2D eigenvalue weighted by Gasteiger charge is 2.21. The number of amides is 2. The fourth-order valence-electron chi connectivity index (χ4n) is 4.56. The molecule has 182 valence electrons. The smallest absolute Gasteiger partial charge is 0.225 e. The Morgan fingerprint density at radius 2 is 1.56 bits per heavy atom. The van der Waals surface area contributed by atoms with Gasteiger partial charge in [-0.15, -0.1) is 0 Å². The van der Waals surface area contributed by atoms with Crippen LogP contribution in [0.3, 0.4) is 0 Å². The number of rotatable bonds is 9. The Hall–Kier alpha value is -2.90. The number of nitrogens with one attached hydrogen (secondary N) is 2. The fourth-order valence-corrected chi connectivity index (χ4v) is 4.56. The van der Waals surface area contributed by atoms with Crippen molar-refractivity contribution in [1.82, 2.24) is 10.2 Å². The van der Waals surface area contributed by atoms with Crippen molar-refractivity contribution in [2.24, 2.45) is 0 Å². The Labute approximate surface area is 202 Å². The van der Waals surface area contributed by atoms with E-state index in [0.29, 0.717) is 12.8 Å². The number of carbonyl (C=O) groups is 2. The molecular formula is C27H36N4O3. The molecule has 2 saturated heterocycles. The van der Waals surface area contributed by atoms with Crippen LogP contribution < -0.4 is 15.5 Å². The quantitative estimate of drug-likeness (QED) is 0.597. The molecule has 7 heteroatoms. The average molecular weight is 465 g/mol. The summed E-state index contributed by atoms with van der Waals surface area (Å²) in [6.45, 7) is 5.88. The first kappa shape index (κ1) is 24.2. The Kier molecular flexibility index (Phi) is 8.93. The number of likely N-dealkylation sites (tertiary alicyclic amines) is 1. The summed E-state index contributed by atoms with van der Waals surface area (Å²) in [6.07, 6.45) is 3.64. The average Bonchev–Trinajstić information content (AvgIpc) is 2.89. The standard InChI is InChI=1S/C27H36N4O3/c32-26(11-6-22-4-2-1-3-5-22)29-24-12-15-30(16-13-24)17-14-27(33)28-23-7-9-25(10-8-23)31-18-20-34-21-19-31/h1-5,7-10,24H,6,11-21H2,(H,28,33)(H,29,32). The van der Waals surface area contributed by atoms with Crippen LogP contribution in [0.1, 0.15) is 31.2 Å². The molecule has 0 saturated carbocycles. The Balaban J connectivity index is 1.10. The van der Waals surface area contributed by atoms with E-state index in [-0.39, 0.29) is 17.9 Å². The van der Waals surface area contributed by atoms with Crippen molar-refractivity contribution in [2.75, 3.05) is 56.2 Å². The van der Waals surface area contributed by atoms with E-state index < -0.39 is 0 Å². The van der Waals surface area contributed by atoms with Crippen LogP contribution in [0.15, 0.2) is 54.6 Å². The third-order valence-corrected chi connectivity index (χ3v) is 6.62. The maximum absolute atomic E-state index is 12.4. The van der Waals surface area contributed by atoms with Gasteiger partial charge in [-0.25, -0.2) is 0 Å². The van der Waals surface area contributed by atoms with Crippen LogP contribution >= 0.6 is 0 Å². The van der Waals surface area contributed by atoms with Crippen molar-refractivity contribution in [3.63, 3.8) is 0 Å². The van der Waals surface area contributed by atoms with Gasteiger partial charge in [-0.1, -0.05) is 30.3 Å². The lowest BCUT2D eigenvalue weighted by Gasteiger charge is -2.32. The fraction of sp³-hybridized carbons (Fsp3) is 0.481. The van der Waals surface area contributed by atoms with E-state index in [9.17, 15) is 9.59 Å². The number of nitrogens with zero attached hydrogens (tertiary/aromatic N) is 2. The van der Waals surface area contributed by atoms with Gasteiger partial charge in [-0.3, -0.25) is 9.59 Å². The van der Waals surface area contributed by atoms with Crippen LogP contribution in [0.4, 0.5) is 11.4 Å². The van der Waals surface area contributed by atoms with Crippen molar-refractivity contribution in [3.8, 4) is 0 Å². The van der Waals surface area contributed by atoms with Gasteiger partial charge >= 0.3 is 0 Å². The molecule has 4 rings (SSSR count). The predicted octanol–water partition coefficient (Wildman–Crippen LogP) is 3.07. The second-order valence-electron chi connectivity index (χ2n) is 9.11. The highest BCUT2D eigenvalue weighted by molar-refractivity contribution is 5.91. The van der Waals surface area contributed by atoms with Crippen LogP contribution in [-0.4, -0.2) is 68.7 Å². The molecule has 0 bridgehead atoms. The summed E-state index contributed by atoms with van der Waals surface area (Å²) in [5.41, 5.74) is 3.19. The number of aryl methyl sites for hydroxylation is 1. The molecule has 0 unspecified atom stereocenters. The van der Waals surface area contributed by atoms with Crippen molar-refractivity contribution in [1.29, 1.82) is 0 Å². The van der Waals surface area contributed by atoms with Crippen LogP contribution in [-0.2, 0) is 20.7 Å². The van der Waals surface area contributed by atoms with Crippen LogP contribution in [0.5, 0.6) is 0 Å². The third-order valence-electron chi connectivity index (χ3n) is 6.62. The number of ether oxygens (including phenoxy) is 1. The monoisotopic (exact) mass is 464 g/mol. The van der Waals surface area contributed by atoms with E-state index in [1.165, 1.54) is 5.56 Å². The van der Waals surface area contributed by atoms with Gasteiger partial charge in [-0.05, 0) is 49.1 Å². The van der Waals surface area contributed by atoms with Gasteiger partial charge in [0.1, 0.15) is 0 Å². The molecule has 0 aliphatic carbocycles. The van der Waals surface area contributed by atoms with Gasteiger partial charge in [-0.2, -0.15) is 0 Å². The molecule has 34 heavy (non-hydrogen) atoms. The highest BCUT2D eigenvalue weighted by atomic mass is 16.5. The molecule has 0 atom stereocenters. The number of hydrogen-bond donors (Lipinski definition) is 2. The zero-order valence-corrected chi connectivity index (χ0v) is 19.9. The number of hydrogen-bond acceptors (Lipinski definition) is 5. The SMILES string of the molecule is O=C(CCN1CCC(NC(=O)CCc2ccccc2)CC1)Nc1ccc(N2CCOCC2)cc1.